The minimum absolute atomic E-state index is 0.135. The molecule has 0 bridgehead atoms. The van der Waals surface area contributed by atoms with Crippen molar-refractivity contribution in [3.05, 3.63) is 30.3 Å². The Labute approximate surface area is 165 Å². The van der Waals surface area contributed by atoms with Crippen LogP contribution in [0, 0.1) is 5.92 Å². The third-order valence-electron chi connectivity index (χ3n) is 5.46. The zero-order valence-electron chi connectivity index (χ0n) is 16.1. The van der Waals surface area contributed by atoms with E-state index < -0.39 is 11.9 Å². The standard InChI is InChI=1S/C21H28N2O5/c24-19(14-27-17-9-2-1-3-10-17)22-13-21(26)28-15-20(25)23-12-6-8-16-7-4-5-11-18(16)23/h1-3,9-10,16,18H,4-8,11-15H2,(H,22,24)/t16-,18-/m0/s1. The van der Waals surface area contributed by atoms with E-state index in [0.717, 1.165) is 25.8 Å². The summed E-state index contributed by atoms with van der Waals surface area (Å²) in [6.07, 6.45) is 6.82. The Morgan fingerprint density at radius 3 is 2.57 bits per heavy atom. The lowest BCUT2D eigenvalue weighted by Gasteiger charge is -2.44. The molecule has 2 aliphatic rings. The van der Waals surface area contributed by atoms with Crippen LogP contribution in [0.15, 0.2) is 30.3 Å². The molecule has 1 saturated heterocycles. The van der Waals surface area contributed by atoms with Crippen molar-refractivity contribution in [2.75, 3.05) is 26.3 Å². The molecule has 0 unspecified atom stereocenters. The van der Waals surface area contributed by atoms with Gasteiger partial charge in [0.1, 0.15) is 12.3 Å². The molecule has 1 saturated carbocycles. The van der Waals surface area contributed by atoms with E-state index in [4.69, 9.17) is 9.47 Å². The van der Waals surface area contributed by atoms with E-state index in [1.54, 1.807) is 24.3 Å². The van der Waals surface area contributed by atoms with Crippen molar-refractivity contribution in [2.24, 2.45) is 5.92 Å². The number of hydrogen-bond donors (Lipinski definition) is 1. The number of fused-ring (bicyclic) bond motifs is 1. The second-order valence-electron chi connectivity index (χ2n) is 7.38. The van der Waals surface area contributed by atoms with Gasteiger partial charge in [0.2, 0.25) is 0 Å². The van der Waals surface area contributed by atoms with E-state index in [9.17, 15) is 14.4 Å². The first-order chi connectivity index (χ1) is 13.6. The normalized spacial score (nSPS) is 21.4. The van der Waals surface area contributed by atoms with Crippen LogP contribution in [0.2, 0.25) is 0 Å². The number of hydrogen-bond acceptors (Lipinski definition) is 5. The van der Waals surface area contributed by atoms with Crippen LogP contribution < -0.4 is 10.1 Å². The van der Waals surface area contributed by atoms with Crippen molar-refractivity contribution < 1.29 is 23.9 Å². The van der Waals surface area contributed by atoms with E-state index in [0.29, 0.717) is 17.7 Å². The van der Waals surface area contributed by atoms with Crippen LogP contribution >= 0.6 is 0 Å². The van der Waals surface area contributed by atoms with Gasteiger partial charge in [0.25, 0.3) is 11.8 Å². The number of nitrogens with zero attached hydrogens (tertiary/aromatic N) is 1. The minimum Gasteiger partial charge on any atom is -0.484 e. The summed E-state index contributed by atoms with van der Waals surface area (Å²) in [6.45, 7) is 0.00688. The highest BCUT2D eigenvalue weighted by molar-refractivity contribution is 5.85. The Morgan fingerprint density at radius 1 is 1.00 bits per heavy atom. The fourth-order valence-corrected chi connectivity index (χ4v) is 4.10. The van der Waals surface area contributed by atoms with Crippen molar-refractivity contribution in [1.82, 2.24) is 10.2 Å². The molecule has 2 atom stereocenters. The van der Waals surface area contributed by atoms with Crippen LogP contribution in [0.1, 0.15) is 38.5 Å². The fraction of sp³-hybridized carbons (Fsp3) is 0.571. The van der Waals surface area contributed by atoms with Crippen LogP contribution in [0.3, 0.4) is 0 Å². The fourth-order valence-electron chi connectivity index (χ4n) is 4.10. The number of ether oxygens (including phenoxy) is 2. The number of amides is 2. The molecule has 2 amide bonds. The van der Waals surface area contributed by atoms with Gasteiger partial charge in [-0.05, 0) is 43.7 Å². The van der Waals surface area contributed by atoms with Gasteiger partial charge in [0.05, 0.1) is 0 Å². The summed E-state index contributed by atoms with van der Waals surface area (Å²) >= 11 is 0. The predicted molar refractivity (Wildman–Crippen MR) is 103 cm³/mol. The van der Waals surface area contributed by atoms with Gasteiger partial charge in [-0.25, -0.2) is 0 Å². The van der Waals surface area contributed by atoms with E-state index in [1.165, 1.54) is 19.3 Å². The molecule has 7 heteroatoms. The smallest absolute Gasteiger partial charge is 0.325 e. The lowest BCUT2D eigenvalue weighted by molar-refractivity contribution is -0.154. The Morgan fingerprint density at radius 2 is 1.75 bits per heavy atom. The van der Waals surface area contributed by atoms with E-state index in [1.807, 2.05) is 11.0 Å². The Hall–Kier alpha value is -2.57. The van der Waals surface area contributed by atoms with Crippen LogP contribution in [0.25, 0.3) is 0 Å². The number of para-hydroxylation sites is 1. The molecular formula is C21H28N2O5. The zero-order valence-corrected chi connectivity index (χ0v) is 16.1. The zero-order chi connectivity index (χ0) is 19.8. The van der Waals surface area contributed by atoms with Gasteiger partial charge in [0.15, 0.2) is 13.2 Å². The van der Waals surface area contributed by atoms with Gasteiger partial charge in [-0.15, -0.1) is 0 Å². The monoisotopic (exact) mass is 388 g/mol. The number of likely N-dealkylation sites (tertiary alicyclic amines) is 1. The van der Waals surface area contributed by atoms with Crippen LogP contribution in [0.4, 0.5) is 0 Å². The predicted octanol–water partition coefficient (Wildman–Crippen LogP) is 1.91. The average molecular weight is 388 g/mol. The molecule has 1 aliphatic heterocycles. The van der Waals surface area contributed by atoms with Crippen LogP contribution in [0.5, 0.6) is 5.75 Å². The molecule has 1 N–H and O–H groups in total. The molecule has 2 fully saturated rings. The van der Waals surface area contributed by atoms with Gasteiger partial charge in [-0.2, -0.15) is 0 Å². The average Bonchev–Trinajstić information content (AvgIpc) is 2.74. The van der Waals surface area contributed by atoms with Crippen molar-refractivity contribution in [2.45, 2.75) is 44.6 Å². The maximum absolute atomic E-state index is 12.5. The highest BCUT2D eigenvalue weighted by Gasteiger charge is 2.35. The third kappa shape index (κ3) is 5.71. The highest BCUT2D eigenvalue weighted by Crippen LogP contribution is 2.35. The molecule has 1 aliphatic carbocycles. The molecule has 3 rings (SSSR count). The number of piperidine rings is 1. The van der Waals surface area contributed by atoms with Gasteiger partial charge in [0, 0.05) is 12.6 Å². The first kappa shape index (κ1) is 20.2. The second-order valence-corrected chi connectivity index (χ2v) is 7.38. The molecular weight excluding hydrogens is 360 g/mol. The Balaban J connectivity index is 1.34. The van der Waals surface area contributed by atoms with Gasteiger partial charge in [-0.3, -0.25) is 14.4 Å². The number of esters is 1. The quantitative estimate of drug-likeness (QED) is 0.721. The lowest BCUT2D eigenvalue weighted by Crippen LogP contribution is -2.51. The summed E-state index contributed by atoms with van der Waals surface area (Å²) < 4.78 is 10.4. The molecule has 1 aromatic rings. The van der Waals surface area contributed by atoms with Crippen molar-refractivity contribution in [3.8, 4) is 5.75 Å². The first-order valence-electron chi connectivity index (χ1n) is 10.0. The minimum atomic E-state index is -0.626. The van der Waals surface area contributed by atoms with Crippen molar-refractivity contribution in [3.63, 3.8) is 0 Å². The largest absolute Gasteiger partial charge is 0.484 e. The number of rotatable bonds is 7. The summed E-state index contributed by atoms with van der Waals surface area (Å²) in [5.74, 6) is -0.0186. The Bertz CT molecular complexity index is 677. The molecule has 28 heavy (non-hydrogen) atoms. The van der Waals surface area contributed by atoms with E-state index >= 15 is 0 Å². The van der Waals surface area contributed by atoms with Gasteiger partial charge >= 0.3 is 5.97 Å². The first-order valence-corrected chi connectivity index (χ1v) is 10.0. The highest BCUT2D eigenvalue weighted by atomic mass is 16.5. The molecule has 0 radical (unpaired) electrons. The summed E-state index contributed by atoms with van der Waals surface area (Å²) in [5, 5.41) is 2.44. The second kappa shape index (κ2) is 10.1. The number of carbonyl (C=O) groups excluding carboxylic acids is 3. The molecule has 152 valence electrons. The van der Waals surface area contributed by atoms with Crippen molar-refractivity contribution in [1.29, 1.82) is 0 Å². The molecule has 0 spiro atoms. The number of benzene rings is 1. The molecule has 7 nitrogen and oxygen atoms in total. The van der Waals surface area contributed by atoms with E-state index in [-0.39, 0.29) is 25.7 Å². The molecule has 1 heterocycles. The topological polar surface area (TPSA) is 84.9 Å². The van der Waals surface area contributed by atoms with Crippen LogP contribution in [-0.4, -0.2) is 55.0 Å². The summed E-state index contributed by atoms with van der Waals surface area (Å²) in [6, 6.07) is 9.24. The number of nitrogens with one attached hydrogen (secondary N) is 1. The number of carbonyl (C=O) groups is 3. The van der Waals surface area contributed by atoms with Gasteiger partial charge in [-0.1, -0.05) is 31.0 Å². The molecule has 0 aromatic heterocycles. The summed E-state index contributed by atoms with van der Waals surface area (Å²) in [4.78, 5) is 38.0. The summed E-state index contributed by atoms with van der Waals surface area (Å²) in [7, 11) is 0. The maximum atomic E-state index is 12.5. The Kier molecular flexibility index (Phi) is 7.28. The van der Waals surface area contributed by atoms with E-state index in [2.05, 4.69) is 5.32 Å². The molecule has 1 aromatic carbocycles. The lowest BCUT2D eigenvalue weighted by atomic mass is 9.78. The van der Waals surface area contributed by atoms with Gasteiger partial charge < -0.3 is 19.7 Å². The SMILES string of the molecule is O=C(COc1ccccc1)NCC(=O)OCC(=O)N1CCC[C@@H]2CCCC[C@@H]21. The van der Waals surface area contributed by atoms with Crippen molar-refractivity contribution >= 4 is 17.8 Å². The third-order valence-corrected chi connectivity index (χ3v) is 5.46. The van der Waals surface area contributed by atoms with Crippen LogP contribution in [-0.2, 0) is 19.1 Å². The maximum Gasteiger partial charge on any atom is 0.325 e. The summed E-state index contributed by atoms with van der Waals surface area (Å²) in [5.41, 5.74) is 0.